The molecule has 0 aromatic heterocycles. The van der Waals surface area contributed by atoms with Gasteiger partial charge in [-0.15, -0.1) is 0 Å². The lowest BCUT2D eigenvalue weighted by molar-refractivity contribution is -0.575. The Labute approximate surface area is 135 Å². The molecular weight excluding hydrogens is 298 g/mol. The zero-order valence-electron chi connectivity index (χ0n) is 14.0. The SMILES string of the molecule is CCOC(=O)C1C[C@@](C)(c2ccc(OC)cc2)[C@](C)([N+](=O)[O-])C1. The topological polar surface area (TPSA) is 78.7 Å². The molecule has 1 unspecified atom stereocenters. The van der Waals surface area contributed by atoms with Gasteiger partial charge in [-0.1, -0.05) is 12.1 Å². The van der Waals surface area contributed by atoms with E-state index in [1.165, 1.54) is 0 Å². The van der Waals surface area contributed by atoms with Crippen LogP contribution in [-0.4, -0.2) is 30.1 Å². The second-order valence-corrected chi connectivity index (χ2v) is 6.45. The molecule has 1 aliphatic rings. The first-order chi connectivity index (χ1) is 10.8. The number of esters is 1. The van der Waals surface area contributed by atoms with E-state index in [0.717, 1.165) is 5.56 Å². The fourth-order valence-electron chi connectivity index (χ4n) is 3.58. The summed E-state index contributed by atoms with van der Waals surface area (Å²) in [5, 5.41) is 11.8. The number of hydrogen-bond donors (Lipinski definition) is 0. The predicted octanol–water partition coefficient (Wildman–Crippen LogP) is 2.96. The maximum atomic E-state index is 12.1. The van der Waals surface area contributed by atoms with E-state index in [4.69, 9.17) is 9.47 Å². The zero-order valence-corrected chi connectivity index (χ0v) is 14.0. The fourth-order valence-corrected chi connectivity index (χ4v) is 3.58. The molecule has 0 spiro atoms. The molecule has 1 aromatic rings. The van der Waals surface area contributed by atoms with Gasteiger partial charge in [-0.3, -0.25) is 14.9 Å². The summed E-state index contributed by atoms with van der Waals surface area (Å²) in [4.78, 5) is 23.6. The summed E-state index contributed by atoms with van der Waals surface area (Å²) >= 11 is 0. The van der Waals surface area contributed by atoms with Gasteiger partial charge in [-0.2, -0.15) is 0 Å². The van der Waals surface area contributed by atoms with Crippen molar-refractivity contribution in [3.8, 4) is 5.75 Å². The number of hydrogen-bond acceptors (Lipinski definition) is 5. The lowest BCUT2D eigenvalue weighted by atomic mass is 9.70. The van der Waals surface area contributed by atoms with E-state index in [1.54, 1.807) is 33.1 Å². The fraction of sp³-hybridized carbons (Fsp3) is 0.588. The Hall–Kier alpha value is -2.11. The van der Waals surface area contributed by atoms with Crippen molar-refractivity contribution in [2.75, 3.05) is 13.7 Å². The highest BCUT2D eigenvalue weighted by molar-refractivity contribution is 5.73. The Morgan fingerprint density at radius 3 is 2.39 bits per heavy atom. The van der Waals surface area contributed by atoms with E-state index >= 15 is 0 Å². The van der Waals surface area contributed by atoms with Gasteiger partial charge in [0, 0.05) is 18.3 Å². The van der Waals surface area contributed by atoms with Crippen LogP contribution in [0.5, 0.6) is 5.75 Å². The number of ether oxygens (including phenoxy) is 2. The Balaban J connectivity index is 2.42. The predicted molar refractivity (Wildman–Crippen MR) is 85.1 cm³/mol. The molecule has 1 aromatic carbocycles. The van der Waals surface area contributed by atoms with E-state index in [1.807, 2.05) is 19.1 Å². The molecule has 0 amide bonds. The number of rotatable bonds is 5. The third kappa shape index (κ3) is 2.78. The van der Waals surface area contributed by atoms with Crippen molar-refractivity contribution >= 4 is 5.97 Å². The Morgan fingerprint density at radius 1 is 1.30 bits per heavy atom. The Morgan fingerprint density at radius 2 is 1.91 bits per heavy atom. The lowest BCUT2D eigenvalue weighted by Gasteiger charge is -2.34. The second kappa shape index (κ2) is 6.18. The van der Waals surface area contributed by atoms with Gasteiger partial charge >= 0.3 is 5.97 Å². The van der Waals surface area contributed by atoms with Crippen molar-refractivity contribution in [1.29, 1.82) is 0 Å². The quantitative estimate of drug-likeness (QED) is 0.473. The van der Waals surface area contributed by atoms with Gasteiger partial charge in [0.15, 0.2) is 0 Å². The number of nitro groups is 1. The molecule has 0 radical (unpaired) electrons. The summed E-state index contributed by atoms with van der Waals surface area (Å²) in [5.74, 6) is -0.115. The molecule has 0 bridgehead atoms. The van der Waals surface area contributed by atoms with Crippen LogP contribution >= 0.6 is 0 Å². The minimum atomic E-state index is -1.22. The van der Waals surface area contributed by atoms with Gasteiger partial charge in [0.2, 0.25) is 5.54 Å². The van der Waals surface area contributed by atoms with E-state index < -0.39 is 16.9 Å². The van der Waals surface area contributed by atoms with Gasteiger partial charge in [0.05, 0.1) is 25.0 Å². The normalized spacial score (nSPS) is 30.0. The summed E-state index contributed by atoms with van der Waals surface area (Å²) in [7, 11) is 1.57. The average molecular weight is 321 g/mol. The summed E-state index contributed by atoms with van der Waals surface area (Å²) in [6.07, 6.45) is 0.580. The van der Waals surface area contributed by atoms with Crippen LogP contribution in [0.1, 0.15) is 39.2 Å². The highest BCUT2D eigenvalue weighted by Crippen LogP contribution is 2.52. The summed E-state index contributed by atoms with van der Waals surface area (Å²) < 4.78 is 10.2. The first-order valence-electron chi connectivity index (χ1n) is 7.74. The van der Waals surface area contributed by atoms with Crippen LogP contribution in [0.3, 0.4) is 0 Å². The minimum absolute atomic E-state index is 0.182. The number of carbonyl (C=O) groups excluding carboxylic acids is 1. The van der Waals surface area contributed by atoms with E-state index in [-0.39, 0.29) is 23.9 Å². The van der Waals surface area contributed by atoms with Gasteiger partial charge in [-0.25, -0.2) is 0 Å². The maximum absolute atomic E-state index is 12.1. The third-order valence-corrected chi connectivity index (χ3v) is 5.24. The van der Waals surface area contributed by atoms with Crippen LogP contribution in [0, 0.1) is 16.0 Å². The first kappa shape index (κ1) is 17.2. The molecule has 126 valence electrons. The van der Waals surface area contributed by atoms with Crippen LogP contribution in [0.25, 0.3) is 0 Å². The molecule has 1 aliphatic carbocycles. The van der Waals surface area contributed by atoms with E-state index in [2.05, 4.69) is 0 Å². The standard InChI is InChI=1S/C17H23NO5/c1-5-23-15(19)12-10-16(2,17(3,11-12)18(20)21)13-6-8-14(22-4)9-7-13/h6-9,12H,5,10-11H2,1-4H3/t12?,16-,17+/m0/s1. The molecule has 0 saturated heterocycles. The molecule has 1 fully saturated rings. The summed E-state index contributed by atoms with van der Waals surface area (Å²) in [5.41, 5.74) is -1.14. The Bertz CT molecular complexity index is 600. The molecule has 0 aliphatic heterocycles. The number of benzene rings is 1. The van der Waals surface area contributed by atoms with Crippen molar-refractivity contribution in [2.24, 2.45) is 5.92 Å². The van der Waals surface area contributed by atoms with Crippen LogP contribution < -0.4 is 4.74 Å². The highest BCUT2D eigenvalue weighted by Gasteiger charge is 2.63. The molecule has 6 heteroatoms. The van der Waals surface area contributed by atoms with E-state index in [9.17, 15) is 14.9 Å². The molecule has 3 atom stereocenters. The Kier molecular flexibility index (Phi) is 4.63. The molecule has 2 rings (SSSR count). The van der Waals surface area contributed by atoms with Crippen molar-refractivity contribution < 1.29 is 19.2 Å². The first-order valence-corrected chi connectivity index (χ1v) is 7.74. The number of nitrogens with zero attached hydrogens (tertiary/aromatic N) is 1. The molecule has 0 heterocycles. The van der Waals surface area contributed by atoms with Crippen LogP contribution in [0.2, 0.25) is 0 Å². The lowest BCUT2D eigenvalue weighted by Crippen LogP contribution is -2.49. The molecule has 0 N–H and O–H groups in total. The number of carbonyl (C=O) groups is 1. The second-order valence-electron chi connectivity index (χ2n) is 6.45. The maximum Gasteiger partial charge on any atom is 0.309 e. The summed E-state index contributed by atoms with van der Waals surface area (Å²) in [6, 6.07) is 7.26. The van der Waals surface area contributed by atoms with Crippen LogP contribution in [0.4, 0.5) is 0 Å². The van der Waals surface area contributed by atoms with Crippen molar-refractivity contribution in [3.63, 3.8) is 0 Å². The number of methoxy groups -OCH3 is 1. The highest BCUT2D eigenvalue weighted by atomic mass is 16.6. The summed E-state index contributed by atoms with van der Waals surface area (Å²) in [6.45, 7) is 5.50. The largest absolute Gasteiger partial charge is 0.497 e. The average Bonchev–Trinajstić information content (AvgIpc) is 2.82. The molecule has 23 heavy (non-hydrogen) atoms. The van der Waals surface area contributed by atoms with Gasteiger partial charge in [-0.05, 0) is 38.0 Å². The van der Waals surface area contributed by atoms with E-state index in [0.29, 0.717) is 12.2 Å². The van der Waals surface area contributed by atoms with Gasteiger partial charge in [0.25, 0.3) is 0 Å². The minimum Gasteiger partial charge on any atom is -0.497 e. The van der Waals surface area contributed by atoms with Gasteiger partial charge < -0.3 is 9.47 Å². The third-order valence-electron chi connectivity index (χ3n) is 5.24. The van der Waals surface area contributed by atoms with Crippen molar-refractivity contribution in [2.45, 2.75) is 44.6 Å². The van der Waals surface area contributed by atoms with Crippen LogP contribution in [-0.2, 0) is 14.9 Å². The zero-order chi connectivity index (χ0) is 17.3. The molecule has 1 saturated carbocycles. The van der Waals surface area contributed by atoms with Gasteiger partial charge in [0.1, 0.15) is 5.75 Å². The van der Waals surface area contributed by atoms with Crippen molar-refractivity contribution in [1.82, 2.24) is 0 Å². The monoisotopic (exact) mass is 321 g/mol. The smallest absolute Gasteiger partial charge is 0.309 e. The molecular formula is C17H23NO5. The van der Waals surface area contributed by atoms with Crippen LogP contribution in [0.15, 0.2) is 24.3 Å². The molecule has 6 nitrogen and oxygen atoms in total. The van der Waals surface area contributed by atoms with Crippen molar-refractivity contribution in [3.05, 3.63) is 39.9 Å².